The van der Waals surface area contributed by atoms with Crippen LogP contribution in [-0.4, -0.2) is 36.6 Å². The van der Waals surface area contributed by atoms with Gasteiger partial charge in [0.1, 0.15) is 0 Å². The van der Waals surface area contributed by atoms with Crippen LogP contribution in [0, 0.1) is 0 Å². The Bertz CT molecular complexity index is 159. The molecule has 1 aliphatic heterocycles. The highest BCUT2D eigenvalue weighted by atomic mass is 15.2. The maximum atomic E-state index is 3.56. The minimum absolute atomic E-state index is 0.706. The van der Waals surface area contributed by atoms with Crippen LogP contribution in [-0.2, 0) is 0 Å². The number of nitrogens with one attached hydrogen (secondary N) is 1. The Balaban J connectivity index is 2.16. The molecule has 0 spiro atoms. The summed E-state index contributed by atoms with van der Waals surface area (Å²) in [5, 5.41) is 3.56. The van der Waals surface area contributed by atoms with Crippen LogP contribution in [0.25, 0.3) is 0 Å². The lowest BCUT2D eigenvalue weighted by molar-refractivity contribution is 0.113. The Hall–Kier alpha value is -0.0800. The average molecular weight is 212 g/mol. The van der Waals surface area contributed by atoms with Crippen LogP contribution in [0.2, 0.25) is 0 Å². The summed E-state index contributed by atoms with van der Waals surface area (Å²) < 4.78 is 0. The number of hydrogen-bond donors (Lipinski definition) is 1. The number of unbranched alkanes of at least 4 members (excludes halogenated alkanes) is 1. The van der Waals surface area contributed by atoms with Crippen molar-refractivity contribution in [1.29, 1.82) is 0 Å². The van der Waals surface area contributed by atoms with Gasteiger partial charge in [-0.1, -0.05) is 19.8 Å². The summed E-state index contributed by atoms with van der Waals surface area (Å²) in [6.07, 6.45) is 6.81. The van der Waals surface area contributed by atoms with Gasteiger partial charge in [-0.15, -0.1) is 0 Å². The summed E-state index contributed by atoms with van der Waals surface area (Å²) >= 11 is 0. The van der Waals surface area contributed by atoms with Crippen molar-refractivity contribution in [3.05, 3.63) is 0 Å². The first-order chi connectivity index (χ1) is 7.25. The van der Waals surface area contributed by atoms with Crippen LogP contribution >= 0.6 is 0 Å². The smallest absolute Gasteiger partial charge is 0.0195 e. The summed E-state index contributed by atoms with van der Waals surface area (Å²) in [6.45, 7) is 10.6. The van der Waals surface area contributed by atoms with Crippen molar-refractivity contribution in [2.24, 2.45) is 0 Å². The van der Waals surface area contributed by atoms with Gasteiger partial charge >= 0.3 is 0 Å². The predicted molar refractivity (Wildman–Crippen MR) is 67.3 cm³/mol. The lowest BCUT2D eigenvalue weighted by Crippen LogP contribution is -2.47. The molecular weight excluding hydrogens is 184 g/mol. The Kier molecular flexibility index (Phi) is 6.26. The molecular formula is C13H28N2. The number of nitrogens with zero attached hydrogens (tertiary/aromatic N) is 1. The largest absolute Gasteiger partial charge is 0.315 e. The molecule has 2 nitrogen and oxygen atoms in total. The van der Waals surface area contributed by atoms with E-state index in [4.69, 9.17) is 0 Å². The van der Waals surface area contributed by atoms with Crippen LogP contribution in [0.4, 0.5) is 0 Å². The molecule has 2 atom stereocenters. The average Bonchev–Trinajstić information content (AvgIpc) is 2.25. The zero-order valence-corrected chi connectivity index (χ0v) is 10.8. The predicted octanol–water partition coefficient (Wildman–Crippen LogP) is 2.64. The first-order valence-corrected chi connectivity index (χ1v) is 6.72. The van der Waals surface area contributed by atoms with Gasteiger partial charge in [-0.25, -0.2) is 0 Å². The summed E-state index contributed by atoms with van der Waals surface area (Å²) in [5.74, 6) is 0. The lowest BCUT2D eigenvalue weighted by atomic mass is 10.0. The fourth-order valence-corrected chi connectivity index (χ4v) is 2.51. The molecule has 90 valence electrons. The minimum atomic E-state index is 0.706. The molecule has 1 aliphatic rings. The van der Waals surface area contributed by atoms with E-state index in [1.807, 2.05) is 0 Å². The highest BCUT2D eigenvalue weighted by molar-refractivity contribution is 4.79. The minimum Gasteiger partial charge on any atom is -0.315 e. The van der Waals surface area contributed by atoms with E-state index in [9.17, 15) is 0 Å². The maximum Gasteiger partial charge on any atom is 0.0195 e. The maximum absolute atomic E-state index is 3.56. The van der Waals surface area contributed by atoms with Crippen LogP contribution in [0.1, 0.15) is 52.9 Å². The van der Waals surface area contributed by atoms with Gasteiger partial charge < -0.3 is 5.32 Å². The number of rotatable bonds is 6. The Morgan fingerprint density at radius 2 is 2.20 bits per heavy atom. The van der Waals surface area contributed by atoms with Gasteiger partial charge in [-0.3, -0.25) is 4.90 Å². The van der Waals surface area contributed by atoms with E-state index < -0.39 is 0 Å². The molecule has 0 radical (unpaired) electrons. The third kappa shape index (κ3) is 4.52. The second-order valence-corrected chi connectivity index (χ2v) is 4.99. The standard InChI is InChI=1S/C13H28N2/c1-4-5-9-14-11-13(3)15-10-7-6-8-12(15)2/h12-14H,4-11H2,1-3H3. The van der Waals surface area contributed by atoms with Gasteiger partial charge in [0.25, 0.3) is 0 Å². The first-order valence-electron chi connectivity index (χ1n) is 6.72. The SMILES string of the molecule is CCCCNCC(C)N1CCCCC1C. The Morgan fingerprint density at radius 1 is 1.40 bits per heavy atom. The topological polar surface area (TPSA) is 15.3 Å². The van der Waals surface area contributed by atoms with Gasteiger partial charge in [-0.05, 0) is 46.2 Å². The van der Waals surface area contributed by atoms with E-state index in [0.717, 1.165) is 12.6 Å². The molecule has 1 saturated heterocycles. The molecule has 1 rings (SSSR count). The van der Waals surface area contributed by atoms with Gasteiger partial charge in [-0.2, -0.15) is 0 Å². The zero-order chi connectivity index (χ0) is 11.1. The van der Waals surface area contributed by atoms with Crippen LogP contribution < -0.4 is 5.32 Å². The van der Waals surface area contributed by atoms with Crippen LogP contribution in [0.15, 0.2) is 0 Å². The van der Waals surface area contributed by atoms with Gasteiger partial charge in [0, 0.05) is 18.6 Å². The van der Waals surface area contributed by atoms with Gasteiger partial charge in [0.15, 0.2) is 0 Å². The van der Waals surface area contributed by atoms with E-state index in [1.165, 1.54) is 45.2 Å². The quantitative estimate of drug-likeness (QED) is 0.681. The molecule has 0 aromatic heterocycles. The van der Waals surface area contributed by atoms with Crippen molar-refractivity contribution in [1.82, 2.24) is 10.2 Å². The zero-order valence-electron chi connectivity index (χ0n) is 10.8. The second kappa shape index (κ2) is 7.24. The molecule has 0 aromatic carbocycles. The van der Waals surface area contributed by atoms with Crippen molar-refractivity contribution in [3.63, 3.8) is 0 Å². The number of hydrogen-bond acceptors (Lipinski definition) is 2. The number of likely N-dealkylation sites (tertiary alicyclic amines) is 1. The van der Waals surface area contributed by atoms with Crippen molar-refractivity contribution >= 4 is 0 Å². The van der Waals surface area contributed by atoms with E-state index in [1.54, 1.807) is 0 Å². The lowest BCUT2D eigenvalue weighted by Gasteiger charge is -2.38. The van der Waals surface area contributed by atoms with Crippen LogP contribution in [0.3, 0.4) is 0 Å². The van der Waals surface area contributed by atoms with Crippen molar-refractivity contribution in [2.75, 3.05) is 19.6 Å². The molecule has 1 N–H and O–H groups in total. The molecule has 2 heteroatoms. The summed E-state index contributed by atoms with van der Waals surface area (Å²) in [6, 6.07) is 1.50. The fourth-order valence-electron chi connectivity index (χ4n) is 2.51. The third-order valence-electron chi connectivity index (χ3n) is 3.57. The first kappa shape index (κ1) is 13.0. The Labute approximate surface area is 95.4 Å². The molecule has 15 heavy (non-hydrogen) atoms. The molecule has 0 saturated carbocycles. The fraction of sp³-hybridized carbons (Fsp3) is 1.00. The molecule has 1 fully saturated rings. The normalized spacial score (nSPS) is 25.4. The highest BCUT2D eigenvalue weighted by Gasteiger charge is 2.22. The molecule has 0 aliphatic carbocycles. The summed E-state index contributed by atoms with van der Waals surface area (Å²) in [7, 11) is 0. The summed E-state index contributed by atoms with van der Waals surface area (Å²) in [5.41, 5.74) is 0. The van der Waals surface area contributed by atoms with Crippen molar-refractivity contribution < 1.29 is 0 Å². The molecule has 0 bridgehead atoms. The third-order valence-corrected chi connectivity index (χ3v) is 3.57. The second-order valence-electron chi connectivity index (χ2n) is 4.99. The molecule has 0 amide bonds. The molecule has 0 aromatic rings. The molecule has 2 unspecified atom stereocenters. The van der Waals surface area contributed by atoms with E-state index >= 15 is 0 Å². The van der Waals surface area contributed by atoms with E-state index in [-0.39, 0.29) is 0 Å². The monoisotopic (exact) mass is 212 g/mol. The van der Waals surface area contributed by atoms with E-state index in [2.05, 4.69) is 31.0 Å². The molecule has 1 heterocycles. The Morgan fingerprint density at radius 3 is 2.87 bits per heavy atom. The highest BCUT2D eigenvalue weighted by Crippen LogP contribution is 2.18. The van der Waals surface area contributed by atoms with Crippen LogP contribution in [0.5, 0.6) is 0 Å². The van der Waals surface area contributed by atoms with Gasteiger partial charge in [0.2, 0.25) is 0 Å². The van der Waals surface area contributed by atoms with Crippen molar-refractivity contribution in [2.45, 2.75) is 65.0 Å². The number of piperidine rings is 1. The summed E-state index contributed by atoms with van der Waals surface area (Å²) in [4.78, 5) is 2.67. The van der Waals surface area contributed by atoms with E-state index in [0.29, 0.717) is 6.04 Å². The van der Waals surface area contributed by atoms with Gasteiger partial charge in [0.05, 0.1) is 0 Å². The van der Waals surface area contributed by atoms with Crippen molar-refractivity contribution in [3.8, 4) is 0 Å².